The molecule has 1 fully saturated rings. The van der Waals surface area contributed by atoms with E-state index >= 15 is 0 Å². The first kappa shape index (κ1) is 22.6. The maximum absolute atomic E-state index is 12.7. The van der Waals surface area contributed by atoms with Gasteiger partial charge in [0.15, 0.2) is 0 Å². The zero-order chi connectivity index (χ0) is 22.6. The van der Waals surface area contributed by atoms with Crippen molar-refractivity contribution in [3.8, 4) is 0 Å². The van der Waals surface area contributed by atoms with Gasteiger partial charge >= 0.3 is 0 Å². The van der Waals surface area contributed by atoms with Crippen LogP contribution in [0.25, 0.3) is 5.57 Å². The number of carbonyl (C=O) groups is 2. The van der Waals surface area contributed by atoms with Crippen LogP contribution in [0.5, 0.6) is 0 Å². The van der Waals surface area contributed by atoms with Gasteiger partial charge in [-0.05, 0) is 36.1 Å². The summed E-state index contributed by atoms with van der Waals surface area (Å²) in [5.74, 6) is 0.614. The molecule has 5 N–H and O–H groups in total. The molecule has 7 nitrogen and oxygen atoms in total. The zero-order valence-electron chi connectivity index (χ0n) is 18.8. The molecular formula is C24H33N5O2. The predicted octanol–water partition coefficient (Wildman–Crippen LogP) is 1.84. The minimum absolute atomic E-state index is 0.00827. The fourth-order valence-corrected chi connectivity index (χ4v) is 3.93. The molecular weight excluding hydrogens is 390 g/mol. The second-order valence-corrected chi connectivity index (χ2v) is 8.76. The third-order valence-electron chi connectivity index (χ3n) is 5.67. The van der Waals surface area contributed by atoms with Gasteiger partial charge in [-0.2, -0.15) is 0 Å². The average molecular weight is 424 g/mol. The van der Waals surface area contributed by atoms with Crippen LogP contribution < -0.4 is 21.7 Å². The molecule has 1 atom stereocenters. The Morgan fingerprint density at radius 1 is 1.39 bits per heavy atom. The number of carbonyl (C=O) groups excluding carboxylic acids is 2. The summed E-state index contributed by atoms with van der Waals surface area (Å²) in [6, 6.07) is 7.83. The molecule has 31 heavy (non-hydrogen) atoms. The van der Waals surface area contributed by atoms with Crippen molar-refractivity contribution < 1.29 is 9.59 Å². The summed E-state index contributed by atoms with van der Waals surface area (Å²) in [5.41, 5.74) is 9.20. The Morgan fingerprint density at radius 3 is 2.81 bits per heavy atom. The lowest BCUT2D eigenvalue weighted by Gasteiger charge is -2.27. The molecule has 1 unspecified atom stereocenters. The molecule has 0 bridgehead atoms. The molecule has 3 rings (SSSR count). The number of allylic oxidation sites excluding steroid dienone is 1. The van der Waals surface area contributed by atoms with E-state index in [-0.39, 0.29) is 29.7 Å². The third-order valence-corrected chi connectivity index (χ3v) is 5.67. The molecule has 0 saturated carbocycles. The van der Waals surface area contributed by atoms with Crippen LogP contribution in [0.3, 0.4) is 0 Å². The van der Waals surface area contributed by atoms with E-state index in [1.54, 1.807) is 0 Å². The quantitative estimate of drug-likeness (QED) is 0.536. The molecule has 0 aromatic heterocycles. The van der Waals surface area contributed by atoms with Crippen molar-refractivity contribution in [2.45, 2.75) is 39.7 Å². The van der Waals surface area contributed by atoms with Crippen molar-refractivity contribution in [2.75, 3.05) is 20.1 Å². The Balaban J connectivity index is 1.69. The first-order valence-corrected chi connectivity index (χ1v) is 10.7. The van der Waals surface area contributed by atoms with Crippen LogP contribution >= 0.6 is 0 Å². The fourth-order valence-electron chi connectivity index (χ4n) is 3.93. The Morgan fingerprint density at radius 2 is 2.16 bits per heavy atom. The average Bonchev–Trinajstić information content (AvgIpc) is 2.98. The Labute approximate surface area is 184 Å². The SMILES string of the molecule is CN/C=C(\CN)c1cccc(CC(=O)NC2=CC(N3CCC(C)(C)C3=O)=CC(C)N2)c1. The van der Waals surface area contributed by atoms with Gasteiger partial charge in [0.2, 0.25) is 11.8 Å². The molecule has 1 aromatic carbocycles. The standard InChI is InChI=1S/C24H33N5O2/c1-16-10-20(29-9-8-24(2,3)23(29)31)13-21(27-16)28-22(30)12-17-6-5-7-18(11-17)19(14-25)15-26-4/h5-7,10-11,13,15-16,26-27H,8-9,12,14,25H2,1-4H3,(H,28,30)/b19-15+. The number of amides is 2. The first-order chi connectivity index (χ1) is 14.7. The number of hydrogen-bond donors (Lipinski definition) is 4. The monoisotopic (exact) mass is 423 g/mol. The maximum atomic E-state index is 12.7. The number of benzene rings is 1. The van der Waals surface area contributed by atoms with Gasteiger partial charge in [0, 0.05) is 49.6 Å². The lowest BCUT2D eigenvalue weighted by molar-refractivity contribution is -0.132. The van der Waals surface area contributed by atoms with Crippen molar-refractivity contribution in [3.05, 3.63) is 65.3 Å². The molecule has 0 spiro atoms. The maximum Gasteiger partial charge on any atom is 0.232 e. The van der Waals surface area contributed by atoms with E-state index in [2.05, 4.69) is 16.0 Å². The minimum atomic E-state index is -0.346. The highest BCUT2D eigenvalue weighted by molar-refractivity contribution is 5.86. The summed E-state index contributed by atoms with van der Waals surface area (Å²) < 4.78 is 0. The topological polar surface area (TPSA) is 99.5 Å². The van der Waals surface area contributed by atoms with Gasteiger partial charge in [0.1, 0.15) is 5.82 Å². The molecule has 2 amide bonds. The van der Waals surface area contributed by atoms with Gasteiger partial charge in [0.05, 0.1) is 6.42 Å². The van der Waals surface area contributed by atoms with Crippen molar-refractivity contribution in [1.29, 1.82) is 0 Å². The van der Waals surface area contributed by atoms with Gasteiger partial charge in [-0.1, -0.05) is 38.1 Å². The van der Waals surface area contributed by atoms with Crippen molar-refractivity contribution in [1.82, 2.24) is 20.9 Å². The van der Waals surface area contributed by atoms with E-state index in [1.807, 2.05) is 75.3 Å². The zero-order valence-corrected chi connectivity index (χ0v) is 18.8. The summed E-state index contributed by atoms with van der Waals surface area (Å²) in [4.78, 5) is 27.2. The number of nitrogens with zero attached hydrogens (tertiary/aromatic N) is 1. The van der Waals surface area contributed by atoms with Crippen molar-refractivity contribution in [2.24, 2.45) is 11.1 Å². The highest BCUT2D eigenvalue weighted by Gasteiger charge is 2.40. The van der Waals surface area contributed by atoms with E-state index in [4.69, 9.17) is 5.73 Å². The van der Waals surface area contributed by atoms with Gasteiger partial charge in [-0.25, -0.2) is 0 Å². The highest BCUT2D eigenvalue weighted by Crippen LogP contribution is 2.33. The van der Waals surface area contributed by atoms with E-state index in [0.29, 0.717) is 18.9 Å². The van der Waals surface area contributed by atoms with Crippen LogP contribution in [0.15, 0.2) is 54.1 Å². The largest absolute Gasteiger partial charge is 0.394 e. The van der Waals surface area contributed by atoms with E-state index < -0.39 is 0 Å². The van der Waals surface area contributed by atoms with Gasteiger partial charge < -0.3 is 26.6 Å². The summed E-state index contributed by atoms with van der Waals surface area (Å²) in [6.07, 6.45) is 6.79. The molecule has 1 aromatic rings. The Kier molecular flexibility index (Phi) is 6.85. The van der Waals surface area contributed by atoms with Gasteiger partial charge in [0.25, 0.3) is 0 Å². The third kappa shape index (κ3) is 5.35. The normalized spacial score (nSPS) is 20.7. The van der Waals surface area contributed by atoms with Crippen LogP contribution in [0, 0.1) is 5.41 Å². The molecule has 1 saturated heterocycles. The number of dihydropyridines is 1. The lowest BCUT2D eigenvalue weighted by Crippen LogP contribution is -2.40. The van der Waals surface area contributed by atoms with E-state index in [9.17, 15) is 9.59 Å². The summed E-state index contributed by atoms with van der Waals surface area (Å²) in [5, 5.41) is 9.21. The molecule has 0 aliphatic carbocycles. The summed E-state index contributed by atoms with van der Waals surface area (Å²) in [7, 11) is 1.83. The van der Waals surface area contributed by atoms with Gasteiger partial charge in [-0.15, -0.1) is 0 Å². The number of hydrogen-bond acceptors (Lipinski definition) is 5. The van der Waals surface area contributed by atoms with Crippen molar-refractivity contribution >= 4 is 17.4 Å². The summed E-state index contributed by atoms with van der Waals surface area (Å²) >= 11 is 0. The molecule has 0 radical (unpaired) electrons. The lowest BCUT2D eigenvalue weighted by atomic mass is 9.92. The number of nitrogens with one attached hydrogen (secondary N) is 3. The molecule has 7 heteroatoms. The second kappa shape index (κ2) is 9.39. The highest BCUT2D eigenvalue weighted by atomic mass is 16.2. The predicted molar refractivity (Wildman–Crippen MR) is 123 cm³/mol. The second-order valence-electron chi connectivity index (χ2n) is 8.76. The van der Waals surface area contributed by atoms with Gasteiger partial charge in [-0.3, -0.25) is 9.59 Å². The molecule has 2 aliphatic rings. The Hall–Kier alpha value is -3.06. The first-order valence-electron chi connectivity index (χ1n) is 10.7. The van der Waals surface area contributed by atoms with Crippen LogP contribution in [0.2, 0.25) is 0 Å². The van der Waals surface area contributed by atoms with Crippen LogP contribution in [-0.2, 0) is 16.0 Å². The van der Waals surface area contributed by atoms with Crippen LogP contribution in [-0.4, -0.2) is 42.9 Å². The minimum Gasteiger partial charge on any atom is -0.394 e. The van der Waals surface area contributed by atoms with E-state index in [1.165, 1.54) is 0 Å². The Bertz CT molecular complexity index is 945. The van der Waals surface area contributed by atoms with Crippen LogP contribution in [0.1, 0.15) is 38.3 Å². The fraction of sp³-hybridized carbons (Fsp3) is 0.417. The molecule has 2 aliphatic heterocycles. The molecule has 2 heterocycles. The van der Waals surface area contributed by atoms with E-state index in [0.717, 1.165) is 28.8 Å². The number of nitrogens with two attached hydrogens (primary N) is 1. The van der Waals surface area contributed by atoms with Crippen LogP contribution in [0.4, 0.5) is 0 Å². The summed E-state index contributed by atoms with van der Waals surface area (Å²) in [6.45, 7) is 7.05. The number of rotatable bonds is 7. The smallest absolute Gasteiger partial charge is 0.232 e. The van der Waals surface area contributed by atoms with Crippen molar-refractivity contribution in [3.63, 3.8) is 0 Å². The number of likely N-dealkylation sites (tertiary alicyclic amines) is 1. The molecule has 166 valence electrons.